The van der Waals surface area contributed by atoms with E-state index in [0.717, 1.165) is 19.6 Å². The highest BCUT2D eigenvalue weighted by molar-refractivity contribution is 4.66. The molecule has 0 fully saturated rings. The van der Waals surface area contributed by atoms with Gasteiger partial charge < -0.3 is 10.6 Å². The summed E-state index contributed by atoms with van der Waals surface area (Å²) in [6, 6.07) is 0.637. The Hall–Kier alpha value is -0.0800. The van der Waals surface area contributed by atoms with Gasteiger partial charge in [-0.1, -0.05) is 27.7 Å². The van der Waals surface area contributed by atoms with E-state index in [1.807, 2.05) is 0 Å². The monoisotopic (exact) mass is 186 g/mol. The van der Waals surface area contributed by atoms with Crippen LogP contribution in [0.15, 0.2) is 0 Å². The first-order valence-corrected chi connectivity index (χ1v) is 5.40. The Morgan fingerprint density at radius 3 is 2.31 bits per heavy atom. The first kappa shape index (κ1) is 12.9. The first-order valence-electron chi connectivity index (χ1n) is 5.40. The van der Waals surface area contributed by atoms with Gasteiger partial charge in [0, 0.05) is 6.04 Å². The number of rotatable bonds is 6. The maximum absolute atomic E-state index is 3.47. The van der Waals surface area contributed by atoms with Crippen LogP contribution < -0.4 is 10.6 Å². The van der Waals surface area contributed by atoms with Gasteiger partial charge in [0.05, 0.1) is 0 Å². The molecule has 0 bridgehead atoms. The summed E-state index contributed by atoms with van der Waals surface area (Å²) in [5.74, 6) is 0. The average molecular weight is 186 g/mol. The quantitative estimate of drug-likeness (QED) is 0.620. The van der Waals surface area contributed by atoms with Crippen molar-refractivity contribution in [2.24, 2.45) is 5.41 Å². The van der Waals surface area contributed by atoms with Crippen LogP contribution in [0, 0.1) is 5.41 Å². The third-order valence-corrected chi connectivity index (χ3v) is 1.96. The molecule has 0 aliphatic carbocycles. The molecule has 2 N–H and O–H groups in total. The van der Waals surface area contributed by atoms with Crippen LogP contribution in [0.3, 0.4) is 0 Å². The molecule has 1 unspecified atom stereocenters. The van der Waals surface area contributed by atoms with Crippen LogP contribution in [0.1, 0.15) is 41.0 Å². The van der Waals surface area contributed by atoms with Gasteiger partial charge in [-0.05, 0) is 38.4 Å². The van der Waals surface area contributed by atoms with Crippen molar-refractivity contribution in [3.05, 3.63) is 0 Å². The summed E-state index contributed by atoms with van der Waals surface area (Å²) in [4.78, 5) is 0. The predicted octanol–water partition coefficient (Wildman–Crippen LogP) is 2.01. The molecule has 0 aliphatic rings. The van der Waals surface area contributed by atoms with Crippen molar-refractivity contribution in [2.45, 2.75) is 47.1 Å². The Morgan fingerprint density at radius 1 is 1.23 bits per heavy atom. The molecule has 0 amide bonds. The van der Waals surface area contributed by atoms with Crippen LogP contribution in [-0.2, 0) is 0 Å². The highest BCUT2D eigenvalue weighted by Crippen LogP contribution is 2.09. The van der Waals surface area contributed by atoms with Crippen molar-refractivity contribution in [1.29, 1.82) is 0 Å². The van der Waals surface area contributed by atoms with E-state index in [9.17, 15) is 0 Å². The molecule has 0 radical (unpaired) electrons. The lowest BCUT2D eigenvalue weighted by Gasteiger charge is -2.20. The fourth-order valence-corrected chi connectivity index (χ4v) is 1.23. The van der Waals surface area contributed by atoms with Crippen LogP contribution in [-0.4, -0.2) is 25.7 Å². The lowest BCUT2D eigenvalue weighted by atomic mass is 9.97. The van der Waals surface area contributed by atoms with Gasteiger partial charge in [-0.2, -0.15) is 0 Å². The Balaban J connectivity index is 3.25. The highest BCUT2D eigenvalue weighted by atomic mass is 14.9. The minimum atomic E-state index is 0.404. The van der Waals surface area contributed by atoms with Crippen LogP contribution in [0.25, 0.3) is 0 Å². The fourth-order valence-electron chi connectivity index (χ4n) is 1.23. The Morgan fingerprint density at radius 2 is 1.85 bits per heavy atom. The molecule has 2 nitrogen and oxygen atoms in total. The van der Waals surface area contributed by atoms with Crippen LogP contribution >= 0.6 is 0 Å². The molecule has 1 atom stereocenters. The van der Waals surface area contributed by atoms with Gasteiger partial charge in [0.2, 0.25) is 0 Å². The lowest BCUT2D eigenvalue weighted by molar-refractivity contribution is 0.372. The van der Waals surface area contributed by atoms with E-state index in [0.29, 0.717) is 11.5 Å². The van der Waals surface area contributed by atoms with E-state index in [1.165, 1.54) is 6.42 Å². The van der Waals surface area contributed by atoms with Crippen molar-refractivity contribution in [2.75, 3.05) is 19.6 Å². The molecule has 0 aromatic heterocycles. The normalized spacial score (nSPS) is 14.5. The summed E-state index contributed by atoms with van der Waals surface area (Å²) in [5, 5.41) is 6.88. The van der Waals surface area contributed by atoms with Crippen LogP contribution in [0.5, 0.6) is 0 Å². The minimum absolute atomic E-state index is 0.404. The molecular formula is C11H26N2. The van der Waals surface area contributed by atoms with Crippen molar-refractivity contribution >= 4 is 0 Å². The van der Waals surface area contributed by atoms with Gasteiger partial charge in [-0.25, -0.2) is 0 Å². The molecule has 0 aromatic carbocycles. The standard InChI is InChI=1S/C11H26N2/c1-6-13-10(2)7-8-12-9-11(3,4)5/h10,12-13H,6-9H2,1-5H3. The third-order valence-electron chi connectivity index (χ3n) is 1.96. The summed E-state index contributed by atoms with van der Waals surface area (Å²) in [6.07, 6.45) is 1.21. The largest absolute Gasteiger partial charge is 0.316 e. The van der Waals surface area contributed by atoms with Crippen molar-refractivity contribution in [3.63, 3.8) is 0 Å². The lowest BCUT2D eigenvalue weighted by Crippen LogP contribution is -2.33. The van der Waals surface area contributed by atoms with Crippen LogP contribution in [0.4, 0.5) is 0 Å². The maximum Gasteiger partial charge on any atom is 0.00506 e. The van der Waals surface area contributed by atoms with Gasteiger partial charge in [0.15, 0.2) is 0 Å². The SMILES string of the molecule is CCNC(C)CCNCC(C)(C)C. The zero-order valence-electron chi connectivity index (χ0n) is 9.91. The molecule has 2 heteroatoms. The zero-order valence-corrected chi connectivity index (χ0v) is 9.91. The average Bonchev–Trinajstić information content (AvgIpc) is 1.97. The second-order valence-electron chi connectivity index (χ2n) is 4.98. The maximum atomic E-state index is 3.47. The predicted molar refractivity (Wildman–Crippen MR) is 60.1 cm³/mol. The van der Waals surface area contributed by atoms with Gasteiger partial charge in [0.25, 0.3) is 0 Å². The third kappa shape index (κ3) is 9.84. The first-order chi connectivity index (χ1) is 5.95. The molecule has 80 valence electrons. The van der Waals surface area contributed by atoms with E-state index < -0.39 is 0 Å². The Labute approximate surface area is 83.5 Å². The smallest absolute Gasteiger partial charge is 0.00506 e. The van der Waals surface area contributed by atoms with E-state index in [4.69, 9.17) is 0 Å². The topological polar surface area (TPSA) is 24.1 Å². The number of hydrogen-bond acceptors (Lipinski definition) is 2. The summed E-state index contributed by atoms with van der Waals surface area (Å²) in [6.45, 7) is 14.5. The van der Waals surface area contributed by atoms with E-state index in [1.54, 1.807) is 0 Å². The molecule has 0 saturated heterocycles. The zero-order chi connectivity index (χ0) is 10.3. The second-order valence-corrected chi connectivity index (χ2v) is 4.98. The van der Waals surface area contributed by atoms with Crippen LogP contribution in [0.2, 0.25) is 0 Å². The summed E-state index contributed by atoms with van der Waals surface area (Å²) in [5.41, 5.74) is 0.404. The highest BCUT2D eigenvalue weighted by Gasteiger charge is 2.08. The molecule has 0 aliphatic heterocycles. The van der Waals surface area contributed by atoms with E-state index in [-0.39, 0.29) is 0 Å². The molecular weight excluding hydrogens is 160 g/mol. The van der Waals surface area contributed by atoms with E-state index >= 15 is 0 Å². The summed E-state index contributed by atoms with van der Waals surface area (Å²) < 4.78 is 0. The Kier molecular flexibility index (Phi) is 6.35. The van der Waals surface area contributed by atoms with Crippen molar-refractivity contribution < 1.29 is 0 Å². The second kappa shape index (κ2) is 6.39. The van der Waals surface area contributed by atoms with Gasteiger partial charge in [0.1, 0.15) is 0 Å². The minimum Gasteiger partial charge on any atom is -0.316 e. The molecule has 0 heterocycles. The van der Waals surface area contributed by atoms with Crippen molar-refractivity contribution in [3.8, 4) is 0 Å². The summed E-state index contributed by atoms with van der Waals surface area (Å²) in [7, 11) is 0. The molecule has 0 saturated carbocycles. The van der Waals surface area contributed by atoms with Gasteiger partial charge >= 0.3 is 0 Å². The molecule has 0 aromatic rings. The molecule has 0 rings (SSSR count). The van der Waals surface area contributed by atoms with Crippen molar-refractivity contribution in [1.82, 2.24) is 10.6 Å². The van der Waals surface area contributed by atoms with Gasteiger partial charge in [-0.3, -0.25) is 0 Å². The Bertz CT molecular complexity index is 116. The fraction of sp³-hybridized carbons (Fsp3) is 1.00. The van der Waals surface area contributed by atoms with Gasteiger partial charge in [-0.15, -0.1) is 0 Å². The number of hydrogen-bond donors (Lipinski definition) is 2. The number of nitrogens with one attached hydrogen (secondary N) is 2. The molecule has 13 heavy (non-hydrogen) atoms. The van der Waals surface area contributed by atoms with E-state index in [2.05, 4.69) is 45.3 Å². The molecule has 0 spiro atoms. The summed E-state index contributed by atoms with van der Waals surface area (Å²) >= 11 is 0.